The van der Waals surface area contributed by atoms with Crippen molar-refractivity contribution in [1.29, 1.82) is 0 Å². The molecule has 2 heterocycles. The van der Waals surface area contributed by atoms with Crippen LogP contribution in [0.5, 0.6) is 0 Å². The molecule has 4 aromatic rings. The Morgan fingerprint density at radius 2 is 1.67 bits per heavy atom. The number of benzene rings is 2. The van der Waals surface area contributed by atoms with Crippen molar-refractivity contribution in [3.8, 4) is 5.69 Å². The summed E-state index contributed by atoms with van der Waals surface area (Å²) >= 11 is 0. The largest absolute Gasteiger partial charge is 0.337 e. The van der Waals surface area contributed by atoms with Gasteiger partial charge in [0, 0.05) is 17.4 Å². The van der Waals surface area contributed by atoms with Crippen LogP contribution < -0.4 is 5.32 Å². The van der Waals surface area contributed by atoms with Crippen LogP contribution in [0, 0.1) is 32.4 Å². The molecule has 2 aromatic carbocycles. The Labute approximate surface area is 155 Å². The van der Waals surface area contributed by atoms with Gasteiger partial charge in [-0.2, -0.15) is 0 Å². The van der Waals surface area contributed by atoms with Gasteiger partial charge in [-0.15, -0.1) is 0 Å². The first kappa shape index (κ1) is 17.1. The molecule has 4 nitrogen and oxygen atoms in total. The minimum Gasteiger partial charge on any atom is -0.337 e. The highest BCUT2D eigenvalue weighted by atomic mass is 19.1. The molecule has 4 rings (SSSR count). The summed E-state index contributed by atoms with van der Waals surface area (Å²) in [6.07, 6.45) is 0. The van der Waals surface area contributed by atoms with Crippen LogP contribution in [0.15, 0.2) is 48.5 Å². The zero-order chi connectivity index (χ0) is 19.1. The van der Waals surface area contributed by atoms with Crippen molar-refractivity contribution in [3.05, 3.63) is 77.2 Å². The van der Waals surface area contributed by atoms with Crippen LogP contribution in [0.25, 0.3) is 16.7 Å². The molecule has 2 aromatic heterocycles. The first-order valence-electron chi connectivity index (χ1n) is 8.59. The number of nitrogens with zero attached hydrogens (tertiary/aromatic N) is 3. The molecule has 0 aliphatic rings. The van der Waals surface area contributed by atoms with Gasteiger partial charge in [0.15, 0.2) is 5.65 Å². The Morgan fingerprint density at radius 3 is 2.41 bits per heavy atom. The number of nitrogens with one attached hydrogen (secondary N) is 1. The van der Waals surface area contributed by atoms with E-state index in [0.29, 0.717) is 11.6 Å². The zero-order valence-electron chi connectivity index (χ0n) is 15.2. The van der Waals surface area contributed by atoms with Gasteiger partial charge in [0.1, 0.15) is 23.3 Å². The lowest BCUT2D eigenvalue weighted by Crippen LogP contribution is -2.03. The molecule has 0 amide bonds. The molecule has 136 valence electrons. The van der Waals surface area contributed by atoms with Gasteiger partial charge in [0.2, 0.25) is 0 Å². The molecule has 0 unspecified atom stereocenters. The molecule has 0 radical (unpaired) electrons. The molecular formula is C21H18F2N4. The highest BCUT2D eigenvalue weighted by molar-refractivity contribution is 5.94. The van der Waals surface area contributed by atoms with E-state index in [1.807, 2.05) is 48.7 Å². The maximum atomic E-state index is 14.1. The predicted octanol–water partition coefficient (Wildman–Crippen LogP) is 5.37. The van der Waals surface area contributed by atoms with Gasteiger partial charge >= 0.3 is 0 Å². The van der Waals surface area contributed by atoms with Crippen LogP contribution in [0.1, 0.15) is 17.1 Å². The molecule has 0 bridgehead atoms. The van der Waals surface area contributed by atoms with Gasteiger partial charge in [-0.25, -0.2) is 18.7 Å². The number of para-hydroxylation sites is 1. The van der Waals surface area contributed by atoms with Crippen molar-refractivity contribution in [2.24, 2.45) is 0 Å². The van der Waals surface area contributed by atoms with Gasteiger partial charge < -0.3 is 5.32 Å². The number of aryl methyl sites for hydroxylation is 2. The molecular weight excluding hydrogens is 346 g/mol. The van der Waals surface area contributed by atoms with Crippen molar-refractivity contribution in [3.63, 3.8) is 0 Å². The van der Waals surface area contributed by atoms with Crippen LogP contribution in [0.2, 0.25) is 0 Å². The lowest BCUT2D eigenvalue weighted by atomic mass is 10.2. The van der Waals surface area contributed by atoms with Crippen molar-refractivity contribution in [2.75, 3.05) is 5.32 Å². The topological polar surface area (TPSA) is 42.7 Å². The maximum absolute atomic E-state index is 14.1. The Bertz CT molecular complexity index is 1150. The molecule has 1 N–H and O–H groups in total. The van der Waals surface area contributed by atoms with E-state index in [9.17, 15) is 8.78 Å². The van der Waals surface area contributed by atoms with Crippen molar-refractivity contribution in [1.82, 2.24) is 14.5 Å². The Hall–Kier alpha value is -3.28. The fourth-order valence-electron chi connectivity index (χ4n) is 3.28. The number of hydrogen-bond donors (Lipinski definition) is 1. The lowest BCUT2D eigenvalue weighted by Gasteiger charge is -2.11. The third-order valence-electron chi connectivity index (χ3n) is 4.66. The molecule has 0 atom stereocenters. The second-order valence-electron chi connectivity index (χ2n) is 6.45. The van der Waals surface area contributed by atoms with E-state index in [1.165, 1.54) is 0 Å². The quantitative estimate of drug-likeness (QED) is 0.532. The summed E-state index contributed by atoms with van der Waals surface area (Å²) in [4.78, 5) is 9.07. The highest BCUT2D eigenvalue weighted by Crippen LogP contribution is 2.33. The fourth-order valence-corrected chi connectivity index (χ4v) is 3.28. The van der Waals surface area contributed by atoms with Crippen LogP contribution in [0.4, 0.5) is 20.3 Å². The monoisotopic (exact) mass is 364 g/mol. The average molecular weight is 364 g/mol. The summed E-state index contributed by atoms with van der Waals surface area (Å²) in [5.74, 6) is -0.0675. The molecule has 0 saturated heterocycles. The minimum atomic E-state index is -0.544. The number of fused-ring (bicyclic) bond motifs is 1. The Balaban J connectivity index is 1.96. The lowest BCUT2D eigenvalue weighted by molar-refractivity contribution is 0.603. The molecule has 0 saturated carbocycles. The van der Waals surface area contributed by atoms with Gasteiger partial charge in [-0.1, -0.05) is 18.2 Å². The zero-order valence-corrected chi connectivity index (χ0v) is 15.2. The smallest absolute Gasteiger partial charge is 0.150 e. The minimum absolute atomic E-state index is 0.0407. The van der Waals surface area contributed by atoms with Gasteiger partial charge in [0.25, 0.3) is 0 Å². The first-order chi connectivity index (χ1) is 13.0. The van der Waals surface area contributed by atoms with Crippen LogP contribution in [-0.4, -0.2) is 14.5 Å². The molecule has 6 heteroatoms. The number of hydrogen-bond acceptors (Lipinski definition) is 3. The van der Waals surface area contributed by atoms with E-state index in [4.69, 9.17) is 0 Å². The van der Waals surface area contributed by atoms with Crippen LogP contribution >= 0.6 is 0 Å². The molecule has 0 aliphatic heterocycles. The Kier molecular flexibility index (Phi) is 4.11. The van der Waals surface area contributed by atoms with Gasteiger partial charge in [-0.05, 0) is 50.6 Å². The van der Waals surface area contributed by atoms with Crippen LogP contribution in [0.3, 0.4) is 0 Å². The van der Waals surface area contributed by atoms with E-state index in [0.717, 1.165) is 46.2 Å². The number of aromatic nitrogens is 3. The predicted molar refractivity (Wildman–Crippen MR) is 103 cm³/mol. The van der Waals surface area contributed by atoms with E-state index in [1.54, 1.807) is 6.92 Å². The third kappa shape index (κ3) is 2.93. The molecule has 0 spiro atoms. The third-order valence-corrected chi connectivity index (χ3v) is 4.66. The number of anilines is 2. The summed E-state index contributed by atoms with van der Waals surface area (Å²) < 4.78 is 29.7. The summed E-state index contributed by atoms with van der Waals surface area (Å²) in [6.45, 7) is 5.76. The van der Waals surface area contributed by atoms with E-state index >= 15 is 0 Å². The normalized spacial score (nSPS) is 11.1. The number of halogens is 2. The van der Waals surface area contributed by atoms with Crippen LogP contribution in [-0.2, 0) is 0 Å². The Morgan fingerprint density at radius 1 is 0.926 bits per heavy atom. The van der Waals surface area contributed by atoms with E-state index in [2.05, 4.69) is 15.3 Å². The first-order valence-corrected chi connectivity index (χ1v) is 8.59. The standard InChI is InChI=1S/C21H18F2N4/c1-12-13(2)27(16-7-5-4-6-8-16)21-19(12)20(24-14(3)25-21)26-18-11-15(22)9-10-17(18)23/h4-11H,1-3H3,(H,24,25,26). The van der Waals surface area contributed by atoms with Gasteiger partial charge in [0.05, 0.1) is 11.1 Å². The van der Waals surface area contributed by atoms with Crippen molar-refractivity contribution in [2.45, 2.75) is 20.8 Å². The average Bonchev–Trinajstić information content (AvgIpc) is 2.89. The molecule has 27 heavy (non-hydrogen) atoms. The van der Waals surface area contributed by atoms with Crippen molar-refractivity contribution >= 4 is 22.5 Å². The highest BCUT2D eigenvalue weighted by Gasteiger charge is 2.19. The SMILES string of the molecule is Cc1nc(Nc2cc(F)ccc2F)c2c(C)c(C)n(-c3ccccc3)c2n1. The molecule has 0 fully saturated rings. The summed E-state index contributed by atoms with van der Waals surface area (Å²) in [6, 6.07) is 13.2. The summed E-state index contributed by atoms with van der Waals surface area (Å²) in [5, 5.41) is 3.73. The van der Waals surface area contributed by atoms with E-state index in [-0.39, 0.29) is 5.69 Å². The second-order valence-corrected chi connectivity index (χ2v) is 6.45. The van der Waals surface area contributed by atoms with Crippen molar-refractivity contribution < 1.29 is 8.78 Å². The summed E-state index contributed by atoms with van der Waals surface area (Å²) in [7, 11) is 0. The maximum Gasteiger partial charge on any atom is 0.150 e. The summed E-state index contributed by atoms with van der Waals surface area (Å²) in [5.41, 5.74) is 3.74. The molecule has 0 aliphatic carbocycles. The fraction of sp³-hybridized carbons (Fsp3) is 0.143. The number of rotatable bonds is 3. The second kappa shape index (κ2) is 6.46. The van der Waals surface area contributed by atoms with Gasteiger partial charge in [-0.3, -0.25) is 4.57 Å². The van der Waals surface area contributed by atoms with E-state index < -0.39 is 11.6 Å².